The molecule has 39 heavy (non-hydrogen) atoms. The standard InChI is InChI=1S/C29H32N6O3S/c30-20-29(11-12-29)18-26(36)23-4-1-2-5-24(23)28-25(19-35(33-28)27-6-3-13-31-32-27)21-7-9-22(10-8-21)34-14-16-39(37,38)17-15-34/h3,6-10,13,19,23-24H,1-2,4-5,11-12,14-18H2/t23-,24-/m1/s1. The van der Waals surface area contributed by atoms with Crippen molar-refractivity contribution in [1.82, 2.24) is 20.0 Å². The van der Waals surface area contributed by atoms with E-state index in [1.165, 1.54) is 0 Å². The minimum atomic E-state index is -2.95. The van der Waals surface area contributed by atoms with Gasteiger partial charge in [0.2, 0.25) is 0 Å². The Morgan fingerprint density at radius 1 is 1.08 bits per heavy atom. The second-order valence-corrected chi connectivity index (χ2v) is 13.5. The quantitative estimate of drug-likeness (QED) is 0.436. The average molecular weight is 545 g/mol. The van der Waals surface area contributed by atoms with E-state index in [4.69, 9.17) is 5.10 Å². The molecule has 2 atom stereocenters. The number of hydrogen-bond donors (Lipinski definition) is 0. The lowest BCUT2D eigenvalue weighted by Gasteiger charge is -2.31. The van der Waals surface area contributed by atoms with Crippen LogP contribution in [0.2, 0.25) is 0 Å². The Balaban J connectivity index is 1.34. The highest BCUT2D eigenvalue weighted by Gasteiger charge is 2.47. The third kappa shape index (κ3) is 5.33. The van der Waals surface area contributed by atoms with Crippen molar-refractivity contribution in [1.29, 1.82) is 5.26 Å². The van der Waals surface area contributed by atoms with Crippen LogP contribution in [0.1, 0.15) is 56.6 Å². The number of carbonyl (C=O) groups is 1. The van der Waals surface area contributed by atoms with E-state index in [-0.39, 0.29) is 29.1 Å². The summed E-state index contributed by atoms with van der Waals surface area (Å²) in [5, 5.41) is 22.8. The number of nitrogens with zero attached hydrogens (tertiary/aromatic N) is 6. The van der Waals surface area contributed by atoms with Crippen molar-refractivity contribution >= 4 is 21.3 Å². The highest BCUT2D eigenvalue weighted by Crippen LogP contribution is 2.51. The lowest BCUT2D eigenvalue weighted by atomic mass is 9.72. The molecule has 0 N–H and O–H groups in total. The summed E-state index contributed by atoms with van der Waals surface area (Å²) in [6.45, 7) is 0.987. The highest BCUT2D eigenvalue weighted by molar-refractivity contribution is 7.91. The molecule has 9 nitrogen and oxygen atoms in total. The summed E-state index contributed by atoms with van der Waals surface area (Å²) in [4.78, 5) is 15.6. The van der Waals surface area contributed by atoms with Crippen molar-refractivity contribution in [3.8, 4) is 23.0 Å². The highest BCUT2D eigenvalue weighted by atomic mass is 32.2. The summed E-state index contributed by atoms with van der Waals surface area (Å²) in [5.41, 5.74) is 3.37. The van der Waals surface area contributed by atoms with E-state index in [2.05, 4.69) is 33.3 Å². The van der Waals surface area contributed by atoms with E-state index in [0.29, 0.717) is 25.3 Å². The third-order valence-corrected chi connectivity index (χ3v) is 10.2. The molecule has 3 heterocycles. The molecule has 2 saturated carbocycles. The average Bonchev–Trinajstić information content (AvgIpc) is 3.60. The Morgan fingerprint density at radius 3 is 2.49 bits per heavy atom. The van der Waals surface area contributed by atoms with E-state index < -0.39 is 15.3 Å². The number of hydrogen-bond acceptors (Lipinski definition) is 8. The lowest BCUT2D eigenvalue weighted by Crippen LogP contribution is -2.40. The molecule has 3 fully saturated rings. The fourth-order valence-electron chi connectivity index (χ4n) is 6.03. The lowest BCUT2D eigenvalue weighted by molar-refractivity contribution is -0.125. The van der Waals surface area contributed by atoms with Crippen LogP contribution in [0.3, 0.4) is 0 Å². The number of benzene rings is 1. The van der Waals surface area contributed by atoms with Gasteiger partial charge in [0.1, 0.15) is 5.78 Å². The Morgan fingerprint density at radius 2 is 1.82 bits per heavy atom. The zero-order valence-electron chi connectivity index (χ0n) is 21.9. The van der Waals surface area contributed by atoms with Gasteiger partial charge in [-0.2, -0.15) is 15.5 Å². The summed E-state index contributed by atoms with van der Waals surface area (Å²) in [6, 6.07) is 14.2. The molecule has 6 rings (SSSR count). The number of sulfone groups is 1. The fourth-order valence-corrected chi connectivity index (χ4v) is 7.23. The number of ketones is 1. The van der Waals surface area contributed by atoms with Crippen molar-refractivity contribution in [2.24, 2.45) is 11.3 Å². The van der Waals surface area contributed by atoms with E-state index in [0.717, 1.165) is 61.0 Å². The molecule has 3 aromatic rings. The molecule has 0 amide bonds. The normalized spacial score (nSPS) is 23.6. The third-order valence-electron chi connectivity index (χ3n) is 8.56. The first-order valence-electron chi connectivity index (χ1n) is 13.7. The number of rotatable bonds is 7. The van der Waals surface area contributed by atoms with Crippen LogP contribution < -0.4 is 4.90 Å². The molecule has 2 aromatic heterocycles. The molecular formula is C29H32N6O3S. The topological polar surface area (TPSA) is 122 Å². The Hall–Kier alpha value is -3.58. The van der Waals surface area contributed by atoms with Crippen LogP contribution in [0, 0.1) is 22.7 Å². The van der Waals surface area contributed by atoms with Gasteiger partial charge in [-0.05, 0) is 55.5 Å². The number of nitriles is 1. The Kier molecular flexibility index (Phi) is 6.71. The Labute approximate surface area is 228 Å². The maximum Gasteiger partial charge on any atom is 0.175 e. The number of carbonyl (C=O) groups excluding carboxylic acids is 1. The number of aromatic nitrogens is 4. The number of anilines is 1. The minimum Gasteiger partial charge on any atom is -0.369 e. The van der Waals surface area contributed by atoms with Crippen molar-refractivity contribution in [3.05, 3.63) is 54.5 Å². The fraction of sp³-hybridized carbons (Fsp3) is 0.483. The molecule has 202 valence electrons. The van der Waals surface area contributed by atoms with E-state index >= 15 is 0 Å². The zero-order valence-corrected chi connectivity index (χ0v) is 22.7. The molecule has 0 unspecified atom stereocenters. The zero-order chi connectivity index (χ0) is 27.0. The van der Waals surface area contributed by atoms with Gasteiger partial charge in [-0.3, -0.25) is 4.79 Å². The summed E-state index contributed by atoms with van der Waals surface area (Å²) in [7, 11) is -2.95. The molecule has 0 bridgehead atoms. The van der Waals surface area contributed by atoms with Gasteiger partial charge in [-0.1, -0.05) is 25.0 Å². The molecule has 1 aromatic carbocycles. The van der Waals surface area contributed by atoms with Crippen molar-refractivity contribution in [2.45, 2.75) is 50.9 Å². The van der Waals surface area contributed by atoms with Crippen LogP contribution in [0.4, 0.5) is 5.69 Å². The second kappa shape index (κ2) is 10.2. The summed E-state index contributed by atoms with van der Waals surface area (Å²) in [5.74, 6) is 0.969. The minimum absolute atomic E-state index is 0.0272. The molecule has 1 aliphatic heterocycles. The molecule has 2 aliphatic carbocycles. The van der Waals surface area contributed by atoms with Gasteiger partial charge in [-0.25, -0.2) is 13.1 Å². The van der Waals surface area contributed by atoms with Gasteiger partial charge < -0.3 is 4.90 Å². The van der Waals surface area contributed by atoms with E-state index in [9.17, 15) is 18.5 Å². The van der Waals surface area contributed by atoms with Crippen molar-refractivity contribution in [3.63, 3.8) is 0 Å². The smallest absolute Gasteiger partial charge is 0.175 e. The van der Waals surface area contributed by atoms with Gasteiger partial charge in [0.05, 0.1) is 28.7 Å². The van der Waals surface area contributed by atoms with Crippen LogP contribution in [0.25, 0.3) is 16.9 Å². The Bertz CT molecular complexity index is 1490. The first-order valence-corrected chi connectivity index (χ1v) is 15.6. The maximum atomic E-state index is 13.5. The molecule has 1 saturated heterocycles. The monoisotopic (exact) mass is 544 g/mol. The molecule has 10 heteroatoms. The van der Waals surface area contributed by atoms with Gasteiger partial charge in [0.25, 0.3) is 0 Å². The first-order chi connectivity index (χ1) is 18.9. The predicted molar refractivity (Wildman–Crippen MR) is 147 cm³/mol. The summed E-state index contributed by atoms with van der Waals surface area (Å²) < 4.78 is 25.5. The molecule has 3 aliphatic rings. The van der Waals surface area contributed by atoms with E-state index in [1.54, 1.807) is 10.9 Å². The van der Waals surface area contributed by atoms with Gasteiger partial charge in [0.15, 0.2) is 15.7 Å². The summed E-state index contributed by atoms with van der Waals surface area (Å²) >= 11 is 0. The molecular weight excluding hydrogens is 512 g/mol. The van der Waals surface area contributed by atoms with Crippen LogP contribution >= 0.6 is 0 Å². The number of Topliss-reactive ketones (excluding diaryl/α,β-unsaturated/α-hetero) is 1. The van der Waals surface area contributed by atoms with Gasteiger partial charge in [-0.15, -0.1) is 5.10 Å². The van der Waals surface area contributed by atoms with Crippen LogP contribution in [-0.2, 0) is 14.6 Å². The maximum absolute atomic E-state index is 13.5. The summed E-state index contributed by atoms with van der Waals surface area (Å²) in [6.07, 6.45) is 9.29. The largest absolute Gasteiger partial charge is 0.369 e. The van der Waals surface area contributed by atoms with Crippen molar-refractivity contribution < 1.29 is 13.2 Å². The van der Waals surface area contributed by atoms with Crippen LogP contribution in [0.5, 0.6) is 0 Å². The van der Waals surface area contributed by atoms with Crippen molar-refractivity contribution in [2.75, 3.05) is 29.5 Å². The van der Waals surface area contributed by atoms with Gasteiger partial charge >= 0.3 is 0 Å². The molecule has 0 spiro atoms. The van der Waals surface area contributed by atoms with Crippen LogP contribution in [0.15, 0.2) is 48.8 Å². The van der Waals surface area contributed by atoms with Gasteiger partial charge in [0, 0.05) is 55.0 Å². The second-order valence-electron chi connectivity index (χ2n) is 11.2. The SMILES string of the molecule is N#CC1(CC(=O)[C@@H]2CCCC[C@H]2c2nn(-c3cccnn3)cc2-c2ccc(N3CCS(=O)(=O)CC3)cc2)CC1. The predicted octanol–water partition coefficient (Wildman–Crippen LogP) is 4.10. The van der Waals surface area contributed by atoms with E-state index in [1.807, 2.05) is 30.5 Å². The first kappa shape index (κ1) is 25.7. The molecule has 0 radical (unpaired) electrons. The van der Waals surface area contributed by atoms with Crippen LogP contribution in [-0.4, -0.2) is 58.8 Å².